The molecule has 0 aliphatic carbocycles. The Hall–Kier alpha value is -1.81. The molecule has 0 fully saturated rings. The third kappa shape index (κ3) is 2.85. The lowest BCUT2D eigenvalue weighted by atomic mass is 10.2. The van der Waals surface area contributed by atoms with Crippen LogP contribution in [0.15, 0.2) is 24.3 Å². The van der Waals surface area contributed by atoms with Gasteiger partial charge in [-0.1, -0.05) is 25.5 Å². The number of hydrogen-bond donors (Lipinski definition) is 2. The van der Waals surface area contributed by atoms with Gasteiger partial charge < -0.3 is 15.0 Å². The fourth-order valence-electron chi connectivity index (χ4n) is 2.42. The Morgan fingerprint density at radius 2 is 2.30 bits per heavy atom. The number of imidazole rings is 1. The van der Waals surface area contributed by atoms with E-state index >= 15 is 0 Å². The molecule has 1 aromatic carbocycles. The standard InChI is InChI=1S/C16H21N3O/c1-2-3-9-20-13-6-4-5-12(10-13)16-18-14-7-8-17-11-15(14)19-16/h4-6,10,17H,2-3,7-9,11H2,1H3,(H,18,19). The van der Waals surface area contributed by atoms with E-state index in [1.54, 1.807) is 0 Å². The molecule has 0 saturated heterocycles. The van der Waals surface area contributed by atoms with E-state index in [9.17, 15) is 0 Å². The molecule has 4 heteroatoms. The van der Waals surface area contributed by atoms with E-state index in [1.807, 2.05) is 12.1 Å². The van der Waals surface area contributed by atoms with E-state index in [2.05, 4.69) is 29.4 Å². The van der Waals surface area contributed by atoms with Crippen molar-refractivity contribution in [3.8, 4) is 17.1 Å². The SMILES string of the molecule is CCCCOc1cccc(-c2nc3c([nH]2)CNCC3)c1. The lowest BCUT2D eigenvalue weighted by Gasteiger charge is -2.09. The first kappa shape index (κ1) is 13.2. The molecule has 1 aliphatic heterocycles. The van der Waals surface area contributed by atoms with Gasteiger partial charge in [0.25, 0.3) is 0 Å². The molecular weight excluding hydrogens is 250 g/mol. The van der Waals surface area contributed by atoms with Gasteiger partial charge in [0.05, 0.1) is 18.0 Å². The molecule has 0 saturated carbocycles. The molecular formula is C16H21N3O. The summed E-state index contributed by atoms with van der Waals surface area (Å²) in [5.41, 5.74) is 3.49. The lowest BCUT2D eigenvalue weighted by molar-refractivity contribution is 0.309. The summed E-state index contributed by atoms with van der Waals surface area (Å²) in [6.45, 7) is 4.84. The first-order valence-corrected chi connectivity index (χ1v) is 7.38. The molecule has 0 bridgehead atoms. The summed E-state index contributed by atoms with van der Waals surface area (Å²) >= 11 is 0. The molecule has 4 nitrogen and oxygen atoms in total. The summed E-state index contributed by atoms with van der Waals surface area (Å²) in [5.74, 6) is 1.86. The fraction of sp³-hybridized carbons (Fsp3) is 0.438. The van der Waals surface area contributed by atoms with Gasteiger partial charge in [-0.2, -0.15) is 0 Å². The summed E-state index contributed by atoms with van der Waals surface area (Å²) < 4.78 is 5.76. The summed E-state index contributed by atoms with van der Waals surface area (Å²) in [7, 11) is 0. The molecule has 0 spiro atoms. The minimum absolute atomic E-state index is 0.776. The number of nitrogens with zero attached hydrogens (tertiary/aromatic N) is 1. The molecule has 0 radical (unpaired) electrons. The van der Waals surface area contributed by atoms with Crippen molar-refractivity contribution in [2.75, 3.05) is 13.2 Å². The first-order valence-electron chi connectivity index (χ1n) is 7.38. The van der Waals surface area contributed by atoms with Gasteiger partial charge in [-0.3, -0.25) is 0 Å². The lowest BCUT2D eigenvalue weighted by Crippen LogP contribution is -2.23. The molecule has 106 valence electrons. The number of H-pyrrole nitrogens is 1. The highest BCUT2D eigenvalue weighted by molar-refractivity contribution is 5.58. The van der Waals surface area contributed by atoms with E-state index in [0.717, 1.165) is 56.1 Å². The zero-order valence-corrected chi connectivity index (χ0v) is 11.9. The second-order valence-corrected chi connectivity index (χ2v) is 5.17. The molecule has 1 aliphatic rings. The minimum Gasteiger partial charge on any atom is -0.494 e. The molecule has 0 atom stereocenters. The van der Waals surface area contributed by atoms with Crippen LogP contribution in [-0.4, -0.2) is 23.1 Å². The third-order valence-electron chi connectivity index (χ3n) is 3.58. The predicted octanol–water partition coefficient (Wildman–Crippen LogP) is 2.90. The zero-order chi connectivity index (χ0) is 13.8. The van der Waals surface area contributed by atoms with Gasteiger partial charge in [-0.05, 0) is 18.6 Å². The number of nitrogens with one attached hydrogen (secondary N) is 2. The van der Waals surface area contributed by atoms with Crippen LogP contribution >= 0.6 is 0 Å². The van der Waals surface area contributed by atoms with Crippen molar-refractivity contribution >= 4 is 0 Å². The molecule has 2 heterocycles. The van der Waals surface area contributed by atoms with E-state index in [0.29, 0.717) is 0 Å². The second kappa shape index (κ2) is 6.09. The Labute approximate surface area is 119 Å². The van der Waals surface area contributed by atoms with Gasteiger partial charge in [0, 0.05) is 25.1 Å². The van der Waals surface area contributed by atoms with E-state index in [1.165, 1.54) is 11.4 Å². The summed E-state index contributed by atoms with van der Waals surface area (Å²) in [5, 5.41) is 3.36. The van der Waals surface area contributed by atoms with Crippen LogP contribution in [0.25, 0.3) is 11.4 Å². The maximum absolute atomic E-state index is 5.76. The number of aromatic nitrogens is 2. The van der Waals surface area contributed by atoms with Gasteiger partial charge in [-0.15, -0.1) is 0 Å². The van der Waals surface area contributed by atoms with Crippen LogP contribution in [0.5, 0.6) is 5.75 Å². The van der Waals surface area contributed by atoms with Crippen molar-refractivity contribution in [3.05, 3.63) is 35.7 Å². The van der Waals surface area contributed by atoms with E-state index in [-0.39, 0.29) is 0 Å². The third-order valence-corrected chi connectivity index (χ3v) is 3.58. The zero-order valence-electron chi connectivity index (χ0n) is 11.9. The average Bonchev–Trinajstić information content (AvgIpc) is 2.92. The van der Waals surface area contributed by atoms with Crippen LogP contribution < -0.4 is 10.1 Å². The Morgan fingerprint density at radius 1 is 1.35 bits per heavy atom. The number of unbranched alkanes of at least 4 members (excludes halogenated alkanes) is 1. The van der Waals surface area contributed by atoms with Crippen LogP contribution in [0.3, 0.4) is 0 Å². The highest BCUT2D eigenvalue weighted by atomic mass is 16.5. The van der Waals surface area contributed by atoms with Crippen LogP contribution in [0.4, 0.5) is 0 Å². The number of benzene rings is 1. The number of fused-ring (bicyclic) bond motifs is 1. The Morgan fingerprint density at radius 3 is 3.15 bits per heavy atom. The predicted molar refractivity (Wildman–Crippen MR) is 79.8 cm³/mol. The van der Waals surface area contributed by atoms with Gasteiger partial charge in [0.1, 0.15) is 11.6 Å². The van der Waals surface area contributed by atoms with Gasteiger partial charge in [-0.25, -0.2) is 4.98 Å². The van der Waals surface area contributed by atoms with Crippen molar-refractivity contribution in [2.24, 2.45) is 0 Å². The number of ether oxygens (including phenoxy) is 1. The van der Waals surface area contributed by atoms with Crippen molar-refractivity contribution < 1.29 is 4.74 Å². The molecule has 2 aromatic rings. The van der Waals surface area contributed by atoms with Crippen molar-refractivity contribution in [2.45, 2.75) is 32.7 Å². The van der Waals surface area contributed by atoms with Crippen molar-refractivity contribution in [1.82, 2.24) is 15.3 Å². The van der Waals surface area contributed by atoms with Crippen LogP contribution in [0.1, 0.15) is 31.2 Å². The summed E-state index contributed by atoms with van der Waals surface area (Å²) in [4.78, 5) is 8.12. The quantitative estimate of drug-likeness (QED) is 0.822. The topological polar surface area (TPSA) is 49.9 Å². The Bertz CT molecular complexity index is 553. The largest absolute Gasteiger partial charge is 0.494 e. The number of hydrogen-bond acceptors (Lipinski definition) is 3. The minimum atomic E-state index is 0.776. The van der Waals surface area contributed by atoms with Crippen LogP contribution in [-0.2, 0) is 13.0 Å². The van der Waals surface area contributed by atoms with Gasteiger partial charge >= 0.3 is 0 Å². The maximum Gasteiger partial charge on any atom is 0.137 e. The number of rotatable bonds is 5. The van der Waals surface area contributed by atoms with E-state index < -0.39 is 0 Å². The van der Waals surface area contributed by atoms with Gasteiger partial charge in [0.2, 0.25) is 0 Å². The monoisotopic (exact) mass is 271 g/mol. The van der Waals surface area contributed by atoms with E-state index in [4.69, 9.17) is 9.72 Å². The van der Waals surface area contributed by atoms with Gasteiger partial charge in [0.15, 0.2) is 0 Å². The average molecular weight is 271 g/mol. The highest BCUT2D eigenvalue weighted by Crippen LogP contribution is 2.24. The smallest absolute Gasteiger partial charge is 0.137 e. The molecule has 0 amide bonds. The van der Waals surface area contributed by atoms with Crippen LogP contribution in [0.2, 0.25) is 0 Å². The Balaban J connectivity index is 1.79. The fourth-order valence-corrected chi connectivity index (χ4v) is 2.42. The molecule has 0 unspecified atom stereocenters. The second-order valence-electron chi connectivity index (χ2n) is 5.17. The summed E-state index contributed by atoms with van der Waals surface area (Å²) in [6, 6.07) is 8.16. The molecule has 2 N–H and O–H groups in total. The number of aromatic amines is 1. The maximum atomic E-state index is 5.76. The van der Waals surface area contributed by atoms with Crippen LogP contribution in [0, 0.1) is 0 Å². The van der Waals surface area contributed by atoms with Crippen molar-refractivity contribution in [1.29, 1.82) is 0 Å². The molecule has 20 heavy (non-hydrogen) atoms. The normalized spacial score (nSPS) is 14.1. The van der Waals surface area contributed by atoms with Crippen molar-refractivity contribution in [3.63, 3.8) is 0 Å². The molecule has 1 aromatic heterocycles. The highest BCUT2D eigenvalue weighted by Gasteiger charge is 2.14. The first-order chi connectivity index (χ1) is 9.86. The summed E-state index contributed by atoms with van der Waals surface area (Å²) in [6.07, 6.45) is 3.24. The molecule has 3 rings (SSSR count). The Kier molecular flexibility index (Phi) is 4.02.